The first-order valence-electron chi connectivity index (χ1n) is 8.30. The van der Waals surface area contributed by atoms with Crippen molar-refractivity contribution >= 4 is 34.8 Å². The summed E-state index contributed by atoms with van der Waals surface area (Å²) in [4.78, 5) is 28.2. The van der Waals surface area contributed by atoms with Crippen molar-refractivity contribution in [1.82, 2.24) is 10.3 Å². The normalized spacial score (nSPS) is 14.9. The first-order valence-corrected chi connectivity index (χ1v) is 9.55. The van der Waals surface area contributed by atoms with Crippen molar-refractivity contribution in [2.75, 3.05) is 6.61 Å². The molecule has 1 aromatic carbocycles. The number of thiazole rings is 1. The third-order valence-electron chi connectivity index (χ3n) is 4.09. The molecule has 1 N–H and O–H groups in total. The molecule has 25 heavy (non-hydrogen) atoms. The van der Waals surface area contributed by atoms with Gasteiger partial charge in [-0.2, -0.15) is 0 Å². The van der Waals surface area contributed by atoms with Gasteiger partial charge in [-0.25, -0.2) is 9.78 Å². The van der Waals surface area contributed by atoms with Crippen LogP contribution in [0.5, 0.6) is 0 Å². The van der Waals surface area contributed by atoms with Crippen LogP contribution in [0.3, 0.4) is 0 Å². The van der Waals surface area contributed by atoms with Crippen molar-refractivity contribution in [3.05, 3.63) is 40.4 Å². The highest BCUT2D eigenvalue weighted by Gasteiger charge is 2.18. The number of carbonyl (C=O) groups is 2. The van der Waals surface area contributed by atoms with Gasteiger partial charge in [0.25, 0.3) is 5.91 Å². The molecule has 1 aromatic heterocycles. The summed E-state index contributed by atoms with van der Waals surface area (Å²) in [7, 11) is 0. The molecule has 2 aromatic rings. The van der Waals surface area contributed by atoms with Crippen molar-refractivity contribution in [3.63, 3.8) is 0 Å². The topological polar surface area (TPSA) is 68.3 Å². The maximum atomic E-state index is 12.1. The molecule has 1 fully saturated rings. The molecule has 0 atom stereocenters. The van der Waals surface area contributed by atoms with E-state index in [1.807, 2.05) is 12.1 Å². The van der Waals surface area contributed by atoms with Crippen LogP contribution in [0.1, 0.15) is 42.6 Å². The van der Waals surface area contributed by atoms with Crippen molar-refractivity contribution in [2.45, 2.75) is 38.1 Å². The zero-order chi connectivity index (χ0) is 17.6. The Labute approximate surface area is 155 Å². The molecule has 0 radical (unpaired) electrons. The molecule has 0 saturated heterocycles. The third-order valence-corrected chi connectivity index (χ3v) is 5.22. The Balaban J connectivity index is 1.52. The highest BCUT2D eigenvalue weighted by atomic mass is 35.5. The second-order valence-corrected chi connectivity index (χ2v) is 7.32. The average molecular weight is 379 g/mol. The van der Waals surface area contributed by atoms with E-state index in [0.717, 1.165) is 31.2 Å². The van der Waals surface area contributed by atoms with E-state index in [2.05, 4.69) is 10.3 Å². The van der Waals surface area contributed by atoms with E-state index in [4.69, 9.17) is 16.3 Å². The van der Waals surface area contributed by atoms with E-state index in [1.54, 1.807) is 17.5 Å². The minimum absolute atomic E-state index is 0.199. The minimum Gasteiger partial charge on any atom is -0.451 e. The van der Waals surface area contributed by atoms with Crippen LogP contribution in [0.4, 0.5) is 0 Å². The number of halogens is 1. The number of amides is 1. The smallest absolute Gasteiger partial charge is 0.358 e. The van der Waals surface area contributed by atoms with Crippen molar-refractivity contribution in [1.29, 1.82) is 0 Å². The van der Waals surface area contributed by atoms with Crippen LogP contribution in [0.15, 0.2) is 29.6 Å². The lowest BCUT2D eigenvalue weighted by atomic mass is 9.95. The van der Waals surface area contributed by atoms with Gasteiger partial charge in [-0.1, -0.05) is 43.0 Å². The fraction of sp³-hybridized carbons (Fsp3) is 0.389. The Morgan fingerprint density at radius 1 is 1.28 bits per heavy atom. The van der Waals surface area contributed by atoms with Crippen LogP contribution in [-0.2, 0) is 9.53 Å². The number of hydrogen-bond acceptors (Lipinski definition) is 5. The molecule has 1 heterocycles. The highest BCUT2D eigenvalue weighted by molar-refractivity contribution is 7.13. The van der Waals surface area contributed by atoms with Crippen LogP contribution in [0.25, 0.3) is 10.6 Å². The van der Waals surface area contributed by atoms with Crippen LogP contribution in [-0.4, -0.2) is 29.5 Å². The second-order valence-electron chi connectivity index (χ2n) is 6.03. The number of nitrogens with zero attached hydrogens (tertiary/aromatic N) is 1. The summed E-state index contributed by atoms with van der Waals surface area (Å²) in [5, 5.41) is 5.83. The maximum absolute atomic E-state index is 12.1. The monoisotopic (exact) mass is 378 g/mol. The molecule has 1 saturated carbocycles. The molecule has 1 amide bonds. The van der Waals surface area contributed by atoms with Gasteiger partial charge in [0.1, 0.15) is 5.01 Å². The van der Waals surface area contributed by atoms with Gasteiger partial charge in [0, 0.05) is 22.0 Å². The van der Waals surface area contributed by atoms with Gasteiger partial charge in [-0.05, 0) is 25.0 Å². The van der Waals surface area contributed by atoms with E-state index < -0.39 is 5.97 Å². The number of esters is 1. The molecule has 1 aliphatic rings. The van der Waals surface area contributed by atoms with E-state index >= 15 is 0 Å². The zero-order valence-electron chi connectivity index (χ0n) is 13.7. The summed E-state index contributed by atoms with van der Waals surface area (Å²) in [6.07, 6.45) is 5.48. The SMILES string of the molecule is O=C(COC(=O)c1csc(-c2cccc(Cl)c2)n1)NC1CCCCC1. The predicted octanol–water partition coefficient (Wildman–Crippen LogP) is 4.07. The van der Waals surface area contributed by atoms with Crippen molar-refractivity contribution in [2.24, 2.45) is 0 Å². The van der Waals surface area contributed by atoms with Gasteiger partial charge in [-0.3, -0.25) is 4.79 Å². The van der Waals surface area contributed by atoms with Gasteiger partial charge in [0.05, 0.1) is 0 Å². The van der Waals surface area contributed by atoms with Gasteiger partial charge in [0.2, 0.25) is 0 Å². The lowest BCUT2D eigenvalue weighted by molar-refractivity contribution is -0.125. The fourth-order valence-electron chi connectivity index (χ4n) is 2.84. The maximum Gasteiger partial charge on any atom is 0.358 e. The minimum atomic E-state index is -0.594. The Morgan fingerprint density at radius 2 is 2.08 bits per heavy atom. The van der Waals surface area contributed by atoms with E-state index in [0.29, 0.717) is 10.0 Å². The van der Waals surface area contributed by atoms with Crippen LogP contribution in [0, 0.1) is 0 Å². The van der Waals surface area contributed by atoms with E-state index in [9.17, 15) is 9.59 Å². The third kappa shape index (κ3) is 5.03. The first-order chi connectivity index (χ1) is 12.1. The fourth-order valence-corrected chi connectivity index (χ4v) is 3.82. The molecule has 1 aliphatic carbocycles. The van der Waals surface area contributed by atoms with Crippen LogP contribution in [0.2, 0.25) is 5.02 Å². The zero-order valence-corrected chi connectivity index (χ0v) is 15.2. The summed E-state index contributed by atoms with van der Waals surface area (Å²) in [5.41, 5.74) is 1.04. The Kier molecular flexibility index (Phi) is 6.04. The van der Waals surface area contributed by atoms with Crippen molar-refractivity contribution in [3.8, 4) is 10.6 Å². The number of benzene rings is 1. The Bertz CT molecular complexity index is 756. The molecule has 132 valence electrons. The quantitative estimate of drug-likeness (QED) is 0.796. The highest BCUT2D eigenvalue weighted by Crippen LogP contribution is 2.26. The molecule has 0 spiro atoms. The summed E-state index contributed by atoms with van der Waals surface area (Å²) < 4.78 is 5.07. The average Bonchev–Trinajstić information content (AvgIpc) is 3.11. The summed E-state index contributed by atoms with van der Waals surface area (Å²) in [5.74, 6) is -0.853. The molecule has 0 aliphatic heterocycles. The summed E-state index contributed by atoms with van der Waals surface area (Å²) in [6.45, 7) is -0.278. The van der Waals surface area contributed by atoms with E-state index in [-0.39, 0.29) is 24.2 Å². The van der Waals surface area contributed by atoms with Crippen LogP contribution >= 0.6 is 22.9 Å². The van der Waals surface area contributed by atoms with Gasteiger partial charge >= 0.3 is 5.97 Å². The van der Waals surface area contributed by atoms with Crippen LogP contribution < -0.4 is 5.32 Å². The molecular formula is C18H19ClN2O3S. The van der Waals surface area contributed by atoms with Gasteiger partial charge < -0.3 is 10.1 Å². The van der Waals surface area contributed by atoms with E-state index in [1.165, 1.54) is 17.8 Å². The number of carbonyl (C=O) groups excluding carboxylic acids is 2. The van der Waals surface area contributed by atoms with Gasteiger partial charge in [0.15, 0.2) is 12.3 Å². The second kappa shape index (κ2) is 8.45. The molecule has 5 nitrogen and oxygen atoms in total. The number of hydrogen-bond donors (Lipinski definition) is 1. The Hall–Kier alpha value is -1.92. The predicted molar refractivity (Wildman–Crippen MR) is 97.9 cm³/mol. The summed E-state index contributed by atoms with van der Waals surface area (Å²) >= 11 is 7.30. The number of aromatic nitrogens is 1. The largest absolute Gasteiger partial charge is 0.451 e. The number of rotatable bonds is 5. The first kappa shape index (κ1) is 17.9. The van der Waals surface area contributed by atoms with Gasteiger partial charge in [-0.15, -0.1) is 11.3 Å². The number of nitrogens with one attached hydrogen (secondary N) is 1. The molecule has 3 rings (SSSR count). The molecule has 0 unspecified atom stereocenters. The molecule has 7 heteroatoms. The lowest BCUT2D eigenvalue weighted by Crippen LogP contribution is -2.38. The standard InChI is InChI=1S/C18H19ClN2O3S/c19-13-6-4-5-12(9-13)17-21-15(11-25-17)18(23)24-10-16(22)20-14-7-2-1-3-8-14/h4-6,9,11,14H,1-3,7-8,10H2,(H,20,22). The number of ether oxygens (including phenoxy) is 1. The summed E-state index contributed by atoms with van der Waals surface area (Å²) in [6, 6.07) is 7.46. The lowest BCUT2D eigenvalue weighted by Gasteiger charge is -2.22. The van der Waals surface area contributed by atoms with Crippen molar-refractivity contribution < 1.29 is 14.3 Å². The molecule has 0 bridgehead atoms. The molecular weight excluding hydrogens is 360 g/mol. The Morgan fingerprint density at radius 3 is 2.84 bits per heavy atom.